The van der Waals surface area contributed by atoms with E-state index in [2.05, 4.69) is 21.2 Å². The number of fused-ring (bicyclic) bond motifs is 1. The van der Waals surface area contributed by atoms with Crippen LogP contribution in [0.5, 0.6) is 5.75 Å². The maximum absolute atomic E-state index is 12.0. The predicted molar refractivity (Wildman–Crippen MR) is 74.9 cm³/mol. The number of nitrogens with one attached hydrogen (secondary N) is 1. The molecule has 1 aromatic carbocycles. The summed E-state index contributed by atoms with van der Waals surface area (Å²) < 4.78 is 42.7. The topological polar surface area (TPSA) is 21.3 Å². The van der Waals surface area contributed by atoms with E-state index in [1.165, 1.54) is 0 Å². The lowest BCUT2D eigenvalue weighted by Crippen LogP contribution is -2.28. The number of benzene rings is 1. The van der Waals surface area contributed by atoms with Gasteiger partial charge in [0.05, 0.1) is 6.61 Å². The molecule has 0 saturated heterocycles. The van der Waals surface area contributed by atoms with E-state index in [0.717, 1.165) is 22.2 Å². The molecule has 0 aromatic heterocycles. The molecule has 0 fully saturated rings. The minimum absolute atomic E-state index is 0.155. The van der Waals surface area contributed by atoms with Crippen LogP contribution in [0, 0.1) is 0 Å². The zero-order valence-corrected chi connectivity index (χ0v) is 12.6. The summed E-state index contributed by atoms with van der Waals surface area (Å²) in [4.78, 5) is 0. The van der Waals surface area contributed by atoms with Gasteiger partial charge in [0.15, 0.2) is 0 Å². The van der Waals surface area contributed by atoms with Crippen LogP contribution in [0.25, 0.3) is 0 Å². The van der Waals surface area contributed by atoms with E-state index in [4.69, 9.17) is 4.74 Å². The Morgan fingerprint density at radius 2 is 2.10 bits per heavy atom. The first kappa shape index (κ1) is 15.6. The third kappa shape index (κ3) is 4.66. The first-order valence-electron chi connectivity index (χ1n) is 6.68. The molecule has 20 heavy (non-hydrogen) atoms. The zero-order valence-electron chi connectivity index (χ0n) is 11.0. The average molecular weight is 352 g/mol. The van der Waals surface area contributed by atoms with Crippen LogP contribution >= 0.6 is 15.9 Å². The van der Waals surface area contributed by atoms with Crippen molar-refractivity contribution in [2.24, 2.45) is 0 Å². The van der Waals surface area contributed by atoms with Crippen LogP contribution in [-0.2, 0) is 0 Å². The van der Waals surface area contributed by atoms with Crippen LogP contribution in [0.2, 0.25) is 0 Å². The lowest BCUT2D eigenvalue weighted by Gasteiger charge is -2.27. The maximum atomic E-state index is 12.0. The second kappa shape index (κ2) is 6.80. The van der Waals surface area contributed by atoms with Gasteiger partial charge in [0, 0.05) is 28.9 Å². The van der Waals surface area contributed by atoms with Gasteiger partial charge in [-0.3, -0.25) is 0 Å². The number of unbranched alkanes of at least 4 members (excludes halogenated alkanes) is 1. The fraction of sp³-hybridized carbons (Fsp3) is 0.571. The molecule has 112 valence electrons. The fourth-order valence-electron chi connectivity index (χ4n) is 2.30. The van der Waals surface area contributed by atoms with Crippen LogP contribution in [0.15, 0.2) is 22.7 Å². The van der Waals surface area contributed by atoms with Gasteiger partial charge in [0.25, 0.3) is 0 Å². The molecule has 0 amide bonds. The fourth-order valence-corrected chi connectivity index (χ4v) is 2.68. The summed E-state index contributed by atoms with van der Waals surface area (Å²) in [6.45, 7) is 1.22. The predicted octanol–water partition coefficient (Wildman–Crippen LogP) is 4.59. The minimum atomic E-state index is -4.05. The highest BCUT2D eigenvalue weighted by atomic mass is 79.9. The Balaban J connectivity index is 1.82. The van der Waals surface area contributed by atoms with Crippen LogP contribution in [0.1, 0.15) is 37.3 Å². The molecule has 0 spiro atoms. The summed E-state index contributed by atoms with van der Waals surface area (Å²) in [5.41, 5.74) is 1.07. The Morgan fingerprint density at radius 3 is 2.85 bits per heavy atom. The number of halogens is 4. The smallest absolute Gasteiger partial charge is 0.389 e. The number of hydrogen-bond acceptors (Lipinski definition) is 2. The molecule has 6 heteroatoms. The molecule has 1 heterocycles. The van der Waals surface area contributed by atoms with Gasteiger partial charge in [-0.2, -0.15) is 13.2 Å². The summed E-state index contributed by atoms with van der Waals surface area (Å²) >= 11 is 3.42. The van der Waals surface area contributed by atoms with E-state index in [-0.39, 0.29) is 12.5 Å². The number of rotatable bonds is 5. The Labute approximate surface area is 124 Å². The normalized spacial score (nSPS) is 18.5. The van der Waals surface area contributed by atoms with Gasteiger partial charge in [-0.25, -0.2) is 0 Å². The molecule has 0 saturated carbocycles. The molecule has 1 atom stereocenters. The van der Waals surface area contributed by atoms with Gasteiger partial charge >= 0.3 is 6.18 Å². The monoisotopic (exact) mass is 351 g/mol. The van der Waals surface area contributed by atoms with Crippen molar-refractivity contribution >= 4 is 15.9 Å². The zero-order chi connectivity index (χ0) is 14.6. The maximum Gasteiger partial charge on any atom is 0.389 e. The Hall–Kier alpha value is -0.750. The molecule has 2 rings (SSSR count). The molecule has 0 radical (unpaired) electrons. The average Bonchev–Trinajstić information content (AvgIpc) is 2.37. The Morgan fingerprint density at radius 1 is 1.30 bits per heavy atom. The number of alkyl halides is 3. The molecule has 1 N–H and O–H groups in total. The summed E-state index contributed by atoms with van der Waals surface area (Å²) in [7, 11) is 0. The number of ether oxygens (including phenoxy) is 1. The van der Waals surface area contributed by atoms with Crippen molar-refractivity contribution in [1.29, 1.82) is 0 Å². The van der Waals surface area contributed by atoms with E-state index >= 15 is 0 Å². The van der Waals surface area contributed by atoms with Gasteiger partial charge in [-0.15, -0.1) is 0 Å². The van der Waals surface area contributed by atoms with Crippen LogP contribution in [-0.4, -0.2) is 19.3 Å². The third-order valence-corrected chi connectivity index (χ3v) is 3.78. The second-order valence-corrected chi connectivity index (χ2v) is 5.81. The SMILES string of the molecule is FC(F)(F)CCCCNC1CCOc2ccc(Br)cc21. The first-order valence-corrected chi connectivity index (χ1v) is 7.47. The minimum Gasteiger partial charge on any atom is -0.493 e. The van der Waals surface area contributed by atoms with E-state index < -0.39 is 12.6 Å². The Bertz CT molecular complexity index is 451. The second-order valence-electron chi connectivity index (χ2n) is 4.90. The highest BCUT2D eigenvalue weighted by Gasteiger charge is 2.26. The molecule has 0 bridgehead atoms. The highest BCUT2D eigenvalue weighted by molar-refractivity contribution is 9.10. The quantitative estimate of drug-likeness (QED) is 0.783. The van der Waals surface area contributed by atoms with Crippen LogP contribution in [0.3, 0.4) is 0 Å². The molecule has 1 aliphatic rings. The lowest BCUT2D eigenvalue weighted by atomic mass is 10.0. The van der Waals surface area contributed by atoms with Crippen molar-refractivity contribution in [3.63, 3.8) is 0 Å². The first-order chi connectivity index (χ1) is 9.46. The van der Waals surface area contributed by atoms with Crippen molar-refractivity contribution < 1.29 is 17.9 Å². The van der Waals surface area contributed by atoms with E-state index in [9.17, 15) is 13.2 Å². The molecule has 1 aromatic rings. The Kier molecular flexibility index (Phi) is 5.32. The van der Waals surface area contributed by atoms with Crippen molar-refractivity contribution in [1.82, 2.24) is 5.32 Å². The molecular weight excluding hydrogens is 335 g/mol. The largest absolute Gasteiger partial charge is 0.493 e. The van der Waals surface area contributed by atoms with Crippen molar-refractivity contribution in [3.8, 4) is 5.75 Å². The summed E-state index contributed by atoms with van der Waals surface area (Å²) in [6, 6.07) is 5.99. The van der Waals surface area contributed by atoms with E-state index in [1.54, 1.807) is 0 Å². The van der Waals surface area contributed by atoms with Crippen molar-refractivity contribution in [2.75, 3.05) is 13.2 Å². The molecular formula is C14H17BrF3NO. The van der Waals surface area contributed by atoms with E-state index in [1.807, 2.05) is 18.2 Å². The van der Waals surface area contributed by atoms with Gasteiger partial charge in [-0.1, -0.05) is 15.9 Å². The van der Waals surface area contributed by atoms with Crippen LogP contribution in [0.4, 0.5) is 13.2 Å². The highest BCUT2D eigenvalue weighted by Crippen LogP contribution is 2.34. The van der Waals surface area contributed by atoms with Crippen molar-refractivity contribution in [2.45, 2.75) is 37.9 Å². The lowest BCUT2D eigenvalue weighted by molar-refractivity contribution is -0.135. The molecule has 1 aliphatic heterocycles. The van der Waals surface area contributed by atoms with Crippen LogP contribution < -0.4 is 10.1 Å². The van der Waals surface area contributed by atoms with Crippen molar-refractivity contribution in [3.05, 3.63) is 28.2 Å². The van der Waals surface area contributed by atoms with Gasteiger partial charge in [-0.05, 0) is 37.6 Å². The molecule has 0 aliphatic carbocycles. The summed E-state index contributed by atoms with van der Waals surface area (Å²) in [6.07, 6.45) is -3.21. The summed E-state index contributed by atoms with van der Waals surface area (Å²) in [5, 5.41) is 3.32. The molecule has 1 unspecified atom stereocenters. The van der Waals surface area contributed by atoms with E-state index in [0.29, 0.717) is 19.6 Å². The standard InChI is InChI=1S/C14H17BrF3NO/c15-10-3-4-13-11(9-10)12(5-8-20-13)19-7-2-1-6-14(16,17)18/h3-4,9,12,19H,1-2,5-8H2. The van der Waals surface area contributed by atoms with Gasteiger partial charge in [0.2, 0.25) is 0 Å². The molecule has 2 nitrogen and oxygen atoms in total. The third-order valence-electron chi connectivity index (χ3n) is 3.29. The summed E-state index contributed by atoms with van der Waals surface area (Å²) in [5.74, 6) is 0.854. The van der Waals surface area contributed by atoms with Gasteiger partial charge in [0.1, 0.15) is 5.75 Å². The number of hydrogen-bond donors (Lipinski definition) is 1. The van der Waals surface area contributed by atoms with Gasteiger partial charge < -0.3 is 10.1 Å².